The van der Waals surface area contributed by atoms with Gasteiger partial charge >= 0.3 is 0 Å². The van der Waals surface area contributed by atoms with Crippen LogP contribution in [0.4, 0.5) is 4.39 Å². The van der Waals surface area contributed by atoms with Crippen molar-refractivity contribution in [3.8, 4) is 0 Å². The van der Waals surface area contributed by atoms with E-state index in [4.69, 9.17) is 0 Å². The van der Waals surface area contributed by atoms with Crippen LogP contribution in [0, 0.1) is 11.7 Å². The lowest BCUT2D eigenvalue weighted by Gasteiger charge is -2.32. The molecular weight excluding hydrogens is 267 g/mol. The Bertz CT molecular complexity index is 519. The summed E-state index contributed by atoms with van der Waals surface area (Å²) in [6, 6.07) is 7.23. The average Bonchev–Trinajstić information content (AvgIpc) is 2.77. The van der Waals surface area contributed by atoms with Crippen molar-refractivity contribution >= 4 is 5.91 Å². The van der Waals surface area contributed by atoms with E-state index in [1.54, 1.807) is 12.1 Å². The fourth-order valence-electron chi connectivity index (χ4n) is 3.62. The van der Waals surface area contributed by atoms with Crippen LogP contribution in [0.2, 0.25) is 0 Å². The molecule has 2 atom stereocenters. The van der Waals surface area contributed by atoms with Crippen LogP contribution in [-0.4, -0.2) is 48.4 Å². The molecule has 0 unspecified atom stereocenters. The minimum absolute atomic E-state index is 0.172. The summed E-state index contributed by atoms with van der Waals surface area (Å²) in [5, 5.41) is 0. The van der Waals surface area contributed by atoms with Crippen LogP contribution in [0.3, 0.4) is 0 Å². The van der Waals surface area contributed by atoms with E-state index in [0.29, 0.717) is 30.4 Å². The molecule has 0 aromatic heterocycles. The standard InChI is InChI=1S/C17H23FN2O/c1-19-10-13-6-8-15(19)12-20(11-13)17(21)9-7-14-4-2-3-5-16(14)18/h2-5,13,15H,6-12H2,1H3/t13-,15-/m1/s1. The van der Waals surface area contributed by atoms with Gasteiger partial charge in [0, 0.05) is 32.1 Å². The Morgan fingerprint density at radius 3 is 2.81 bits per heavy atom. The summed E-state index contributed by atoms with van der Waals surface area (Å²) >= 11 is 0. The maximum atomic E-state index is 13.6. The Balaban J connectivity index is 1.60. The molecule has 3 fully saturated rings. The third-order valence-electron chi connectivity index (χ3n) is 4.91. The molecule has 1 aromatic rings. The van der Waals surface area contributed by atoms with Crippen molar-refractivity contribution < 1.29 is 9.18 Å². The zero-order valence-corrected chi connectivity index (χ0v) is 12.6. The van der Waals surface area contributed by atoms with Gasteiger partial charge in [-0.15, -0.1) is 0 Å². The summed E-state index contributed by atoms with van der Waals surface area (Å²) in [4.78, 5) is 16.8. The predicted molar refractivity (Wildman–Crippen MR) is 80.4 cm³/mol. The van der Waals surface area contributed by atoms with E-state index in [1.165, 1.54) is 18.9 Å². The summed E-state index contributed by atoms with van der Waals surface area (Å²) in [6.07, 6.45) is 3.32. The Morgan fingerprint density at radius 2 is 2.05 bits per heavy atom. The number of nitrogens with zero attached hydrogens (tertiary/aromatic N) is 2. The summed E-state index contributed by atoms with van der Waals surface area (Å²) in [5.74, 6) is 0.567. The van der Waals surface area contributed by atoms with E-state index in [9.17, 15) is 9.18 Å². The molecule has 3 aliphatic rings. The second kappa shape index (κ2) is 6.14. The third-order valence-corrected chi connectivity index (χ3v) is 4.91. The number of rotatable bonds is 3. The van der Waals surface area contributed by atoms with Gasteiger partial charge < -0.3 is 9.80 Å². The molecule has 0 spiro atoms. The highest BCUT2D eigenvalue weighted by Crippen LogP contribution is 2.27. The minimum atomic E-state index is -0.207. The molecule has 3 nitrogen and oxygen atoms in total. The van der Waals surface area contributed by atoms with Crippen LogP contribution in [0.5, 0.6) is 0 Å². The van der Waals surface area contributed by atoms with Gasteiger partial charge in [0.05, 0.1) is 0 Å². The monoisotopic (exact) mass is 290 g/mol. The molecule has 114 valence electrons. The molecule has 2 bridgehead atoms. The number of piperidine rings is 1. The zero-order chi connectivity index (χ0) is 14.8. The van der Waals surface area contributed by atoms with Gasteiger partial charge in [-0.1, -0.05) is 18.2 Å². The number of benzene rings is 1. The van der Waals surface area contributed by atoms with Gasteiger partial charge in [0.1, 0.15) is 5.82 Å². The predicted octanol–water partition coefficient (Wildman–Crippen LogP) is 2.31. The average molecular weight is 290 g/mol. The van der Waals surface area contributed by atoms with Crippen LogP contribution < -0.4 is 0 Å². The van der Waals surface area contributed by atoms with E-state index in [0.717, 1.165) is 19.6 Å². The molecule has 4 rings (SSSR count). The Labute approximate surface area is 125 Å². The first-order valence-corrected chi connectivity index (χ1v) is 7.85. The van der Waals surface area contributed by atoms with Gasteiger partial charge in [0.25, 0.3) is 0 Å². The molecule has 1 amide bonds. The van der Waals surface area contributed by atoms with Crippen molar-refractivity contribution in [1.82, 2.24) is 9.80 Å². The fraction of sp³-hybridized carbons (Fsp3) is 0.588. The summed E-state index contributed by atoms with van der Waals surface area (Å²) in [5.41, 5.74) is 0.640. The largest absolute Gasteiger partial charge is 0.341 e. The molecule has 0 aliphatic carbocycles. The van der Waals surface area contributed by atoms with Gasteiger partial charge in [0.15, 0.2) is 0 Å². The minimum Gasteiger partial charge on any atom is -0.341 e. The third kappa shape index (κ3) is 3.26. The van der Waals surface area contributed by atoms with Crippen LogP contribution in [-0.2, 0) is 11.2 Å². The van der Waals surface area contributed by atoms with Crippen LogP contribution >= 0.6 is 0 Å². The molecule has 0 saturated carbocycles. The number of aryl methyl sites for hydroxylation is 1. The summed E-state index contributed by atoms with van der Waals surface area (Å²) in [6.45, 7) is 2.81. The first kappa shape index (κ1) is 14.5. The van der Waals surface area contributed by atoms with E-state index in [1.807, 2.05) is 11.0 Å². The highest BCUT2D eigenvalue weighted by molar-refractivity contribution is 5.76. The maximum absolute atomic E-state index is 13.6. The first-order valence-electron chi connectivity index (χ1n) is 7.85. The van der Waals surface area contributed by atoms with Crippen molar-refractivity contribution in [1.29, 1.82) is 0 Å². The highest BCUT2D eigenvalue weighted by Gasteiger charge is 2.34. The molecule has 4 heteroatoms. The van der Waals surface area contributed by atoms with Gasteiger partial charge in [-0.25, -0.2) is 4.39 Å². The Hall–Kier alpha value is -1.42. The second-order valence-electron chi connectivity index (χ2n) is 6.43. The number of carbonyl (C=O) groups is 1. The van der Waals surface area contributed by atoms with E-state index in [-0.39, 0.29) is 11.7 Å². The van der Waals surface area contributed by atoms with Crippen molar-refractivity contribution in [3.05, 3.63) is 35.6 Å². The normalized spacial score (nSPS) is 25.9. The Kier molecular flexibility index (Phi) is 4.24. The lowest BCUT2D eigenvalue weighted by atomic mass is 9.96. The number of fused-ring (bicyclic) bond motifs is 4. The smallest absolute Gasteiger partial charge is 0.222 e. The first-order chi connectivity index (χ1) is 10.1. The second-order valence-corrected chi connectivity index (χ2v) is 6.43. The summed E-state index contributed by atoms with van der Waals surface area (Å²) < 4.78 is 13.6. The quantitative estimate of drug-likeness (QED) is 0.853. The zero-order valence-electron chi connectivity index (χ0n) is 12.6. The van der Waals surface area contributed by atoms with E-state index >= 15 is 0 Å². The fourth-order valence-corrected chi connectivity index (χ4v) is 3.62. The highest BCUT2D eigenvalue weighted by atomic mass is 19.1. The van der Waals surface area contributed by atoms with Gasteiger partial charge in [-0.3, -0.25) is 4.79 Å². The van der Waals surface area contributed by atoms with Gasteiger partial charge in [-0.05, 0) is 43.9 Å². The molecule has 1 aromatic carbocycles. The van der Waals surface area contributed by atoms with Crippen molar-refractivity contribution in [2.45, 2.75) is 31.7 Å². The number of halogens is 1. The molecule has 0 N–H and O–H groups in total. The number of likely N-dealkylation sites (N-methyl/N-ethyl adjacent to an activating group) is 1. The van der Waals surface area contributed by atoms with Gasteiger partial charge in [0.2, 0.25) is 5.91 Å². The molecular formula is C17H23FN2O. The maximum Gasteiger partial charge on any atom is 0.222 e. The van der Waals surface area contributed by atoms with Gasteiger partial charge in [-0.2, -0.15) is 0 Å². The van der Waals surface area contributed by atoms with Crippen LogP contribution in [0.1, 0.15) is 24.8 Å². The molecule has 3 saturated heterocycles. The number of carbonyl (C=O) groups excluding carboxylic acids is 1. The summed E-state index contributed by atoms with van der Waals surface area (Å²) in [7, 11) is 2.16. The molecule has 3 aliphatic heterocycles. The number of hydrogen-bond donors (Lipinski definition) is 0. The van der Waals surface area contributed by atoms with Crippen molar-refractivity contribution in [3.63, 3.8) is 0 Å². The Morgan fingerprint density at radius 1 is 1.24 bits per heavy atom. The van der Waals surface area contributed by atoms with Crippen LogP contribution in [0.15, 0.2) is 24.3 Å². The molecule has 21 heavy (non-hydrogen) atoms. The van der Waals surface area contributed by atoms with Crippen LogP contribution in [0.25, 0.3) is 0 Å². The lowest BCUT2D eigenvalue weighted by molar-refractivity contribution is -0.131. The molecule has 3 heterocycles. The molecule has 0 radical (unpaired) electrons. The van der Waals surface area contributed by atoms with Crippen molar-refractivity contribution in [2.75, 3.05) is 26.7 Å². The van der Waals surface area contributed by atoms with Crippen molar-refractivity contribution in [2.24, 2.45) is 5.92 Å². The SMILES string of the molecule is CN1C[C@H]2CC[C@@H]1CN(C(=O)CCc1ccccc1F)C2. The lowest BCUT2D eigenvalue weighted by Crippen LogP contribution is -2.41. The van der Waals surface area contributed by atoms with E-state index < -0.39 is 0 Å². The number of amides is 1. The van der Waals surface area contributed by atoms with E-state index in [2.05, 4.69) is 11.9 Å². The topological polar surface area (TPSA) is 23.6 Å². The number of hydrogen-bond acceptors (Lipinski definition) is 2.